The van der Waals surface area contributed by atoms with Crippen molar-refractivity contribution in [2.24, 2.45) is 0 Å². The Balaban J connectivity index is 3.30. The number of alkyl halides is 1. The van der Waals surface area contributed by atoms with Gasteiger partial charge >= 0.3 is 0 Å². The number of halogens is 2. The Bertz CT molecular complexity index is 395. The van der Waals surface area contributed by atoms with Crippen LogP contribution in [0.5, 0.6) is 0 Å². The average Bonchev–Trinajstić information content (AvgIpc) is 2.29. The van der Waals surface area contributed by atoms with Crippen LogP contribution in [0.25, 0.3) is 0 Å². The summed E-state index contributed by atoms with van der Waals surface area (Å²) in [5, 5.41) is 19.4. The van der Waals surface area contributed by atoms with Crippen molar-refractivity contribution >= 4 is 22.2 Å². The second kappa shape index (κ2) is 5.52. The molecule has 0 amide bonds. The van der Waals surface area contributed by atoms with Gasteiger partial charge in [-0.25, -0.2) is 4.39 Å². The first kappa shape index (κ1) is 13.3. The maximum Gasteiger partial charge on any atom is 0.153 e. The number of rotatable bonds is 4. The number of aliphatic hydroxyl groups excluding tert-OH is 2. The van der Waals surface area contributed by atoms with Crippen molar-refractivity contribution in [3.05, 3.63) is 34.6 Å². The summed E-state index contributed by atoms with van der Waals surface area (Å²) in [5.41, 5.74) is 0.505. The van der Waals surface area contributed by atoms with E-state index in [1.54, 1.807) is 6.92 Å². The monoisotopic (exact) mass is 290 g/mol. The fraction of sp³-hybridized carbons (Fsp3) is 0.364. The van der Waals surface area contributed by atoms with E-state index in [0.717, 1.165) is 6.07 Å². The molecule has 3 nitrogen and oxygen atoms in total. The first-order valence-electron chi connectivity index (χ1n) is 4.69. The molecule has 0 fully saturated rings. The summed E-state index contributed by atoms with van der Waals surface area (Å²) in [5.74, 6) is -0.698. The van der Waals surface area contributed by atoms with E-state index < -0.39 is 18.0 Å². The second-order valence-electron chi connectivity index (χ2n) is 3.48. The van der Waals surface area contributed by atoms with Crippen LogP contribution in [0.15, 0.2) is 12.1 Å². The highest BCUT2D eigenvalue weighted by Crippen LogP contribution is 2.26. The van der Waals surface area contributed by atoms with Gasteiger partial charge in [-0.2, -0.15) is 0 Å². The summed E-state index contributed by atoms with van der Waals surface area (Å²) < 4.78 is 13.3. The third kappa shape index (κ3) is 2.48. The molecule has 0 radical (unpaired) electrons. The lowest BCUT2D eigenvalue weighted by atomic mass is 9.95. The highest BCUT2D eigenvalue weighted by atomic mass is 79.9. The smallest absolute Gasteiger partial charge is 0.153 e. The number of hydrogen-bond acceptors (Lipinski definition) is 3. The zero-order chi connectivity index (χ0) is 12.3. The molecule has 0 spiro atoms. The molecule has 0 saturated carbocycles. The standard InChI is InChI=1S/C11H12BrFO3/c1-6-2-3-8(13)7(5-14)10(6)11(16)9(15)4-12/h2-3,5,9,11,15-16H,4H2,1H3. The van der Waals surface area contributed by atoms with Crippen LogP contribution in [-0.2, 0) is 0 Å². The molecule has 2 atom stereocenters. The predicted octanol–water partition coefficient (Wildman–Crippen LogP) is 1.74. The van der Waals surface area contributed by atoms with E-state index in [1.807, 2.05) is 0 Å². The van der Waals surface area contributed by atoms with Crippen molar-refractivity contribution in [1.29, 1.82) is 0 Å². The van der Waals surface area contributed by atoms with E-state index in [-0.39, 0.29) is 16.5 Å². The Morgan fingerprint density at radius 2 is 2.12 bits per heavy atom. The Kier molecular flexibility index (Phi) is 4.58. The lowest BCUT2D eigenvalue weighted by Crippen LogP contribution is -2.22. The molecule has 1 rings (SSSR count). The first-order valence-corrected chi connectivity index (χ1v) is 5.81. The van der Waals surface area contributed by atoms with Gasteiger partial charge < -0.3 is 10.2 Å². The summed E-state index contributed by atoms with van der Waals surface area (Å²) in [6, 6.07) is 2.62. The van der Waals surface area contributed by atoms with Gasteiger partial charge in [-0.15, -0.1) is 0 Å². The van der Waals surface area contributed by atoms with Crippen LogP contribution in [0.4, 0.5) is 4.39 Å². The minimum Gasteiger partial charge on any atom is -0.389 e. The molecule has 0 aromatic heterocycles. The summed E-state index contributed by atoms with van der Waals surface area (Å²) in [4.78, 5) is 10.8. The molecule has 0 aliphatic rings. The van der Waals surface area contributed by atoms with E-state index in [4.69, 9.17) is 0 Å². The topological polar surface area (TPSA) is 57.5 Å². The van der Waals surface area contributed by atoms with E-state index in [1.165, 1.54) is 6.07 Å². The van der Waals surface area contributed by atoms with Gasteiger partial charge in [0.15, 0.2) is 6.29 Å². The molecule has 0 aliphatic heterocycles. The van der Waals surface area contributed by atoms with Gasteiger partial charge in [0.2, 0.25) is 0 Å². The first-order chi connectivity index (χ1) is 7.52. The van der Waals surface area contributed by atoms with Gasteiger partial charge in [-0.05, 0) is 24.1 Å². The number of carbonyl (C=O) groups excluding carboxylic acids is 1. The van der Waals surface area contributed by atoms with E-state index >= 15 is 0 Å². The molecule has 1 aromatic rings. The summed E-state index contributed by atoms with van der Waals surface area (Å²) in [7, 11) is 0. The number of aliphatic hydroxyl groups is 2. The molecule has 2 N–H and O–H groups in total. The van der Waals surface area contributed by atoms with E-state index in [9.17, 15) is 19.4 Å². The van der Waals surface area contributed by atoms with Gasteiger partial charge in [0.25, 0.3) is 0 Å². The van der Waals surface area contributed by atoms with Crippen LogP contribution >= 0.6 is 15.9 Å². The number of aldehydes is 1. The number of carbonyl (C=O) groups is 1. The third-order valence-electron chi connectivity index (χ3n) is 2.39. The highest BCUT2D eigenvalue weighted by molar-refractivity contribution is 9.09. The number of aryl methyl sites for hydroxylation is 1. The molecule has 2 unspecified atom stereocenters. The van der Waals surface area contributed by atoms with Gasteiger partial charge in [0, 0.05) is 5.33 Å². The lowest BCUT2D eigenvalue weighted by Gasteiger charge is -2.19. The fourth-order valence-corrected chi connectivity index (χ4v) is 1.86. The van der Waals surface area contributed by atoms with Crippen molar-refractivity contribution in [1.82, 2.24) is 0 Å². The van der Waals surface area contributed by atoms with Crippen molar-refractivity contribution in [3.8, 4) is 0 Å². The normalized spacial score (nSPS) is 14.6. The fourth-order valence-electron chi connectivity index (χ4n) is 1.51. The third-order valence-corrected chi connectivity index (χ3v) is 3.05. The van der Waals surface area contributed by atoms with Crippen molar-refractivity contribution in [2.45, 2.75) is 19.1 Å². The zero-order valence-corrected chi connectivity index (χ0v) is 10.2. The highest BCUT2D eigenvalue weighted by Gasteiger charge is 2.23. The van der Waals surface area contributed by atoms with Crippen LogP contribution in [0, 0.1) is 12.7 Å². The maximum absolute atomic E-state index is 13.3. The van der Waals surface area contributed by atoms with E-state index in [0.29, 0.717) is 11.8 Å². The van der Waals surface area contributed by atoms with Crippen LogP contribution < -0.4 is 0 Å². The molecular formula is C11H12BrFO3. The molecule has 0 saturated heterocycles. The Morgan fingerprint density at radius 3 is 2.62 bits per heavy atom. The van der Waals surface area contributed by atoms with Gasteiger partial charge in [-0.1, -0.05) is 22.0 Å². The van der Waals surface area contributed by atoms with Crippen LogP contribution in [0.1, 0.15) is 27.6 Å². The number of hydrogen-bond donors (Lipinski definition) is 2. The maximum atomic E-state index is 13.3. The Labute approximate surface area is 101 Å². The number of benzene rings is 1. The Hall–Kier alpha value is -0.780. The molecule has 5 heteroatoms. The van der Waals surface area contributed by atoms with Crippen molar-refractivity contribution in [3.63, 3.8) is 0 Å². The summed E-state index contributed by atoms with van der Waals surface area (Å²) in [6.45, 7) is 1.64. The average molecular weight is 291 g/mol. The van der Waals surface area contributed by atoms with Gasteiger partial charge in [0.05, 0.1) is 11.7 Å². The quantitative estimate of drug-likeness (QED) is 0.656. The molecule has 1 aromatic carbocycles. The minimum atomic E-state index is -1.28. The van der Waals surface area contributed by atoms with E-state index in [2.05, 4.69) is 15.9 Å². The Morgan fingerprint density at radius 1 is 1.50 bits per heavy atom. The molecule has 0 bridgehead atoms. The molecule has 88 valence electrons. The summed E-state index contributed by atoms with van der Waals surface area (Å²) >= 11 is 3.01. The van der Waals surface area contributed by atoms with Crippen LogP contribution in [0.2, 0.25) is 0 Å². The SMILES string of the molecule is Cc1ccc(F)c(C=O)c1C(O)C(O)CBr. The lowest BCUT2D eigenvalue weighted by molar-refractivity contribution is 0.0332. The molecule has 0 aliphatic carbocycles. The molecule has 0 heterocycles. The van der Waals surface area contributed by atoms with Gasteiger partial charge in [-0.3, -0.25) is 4.79 Å². The van der Waals surface area contributed by atoms with Gasteiger partial charge in [0.1, 0.15) is 11.9 Å². The predicted molar refractivity (Wildman–Crippen MR) is 61.3 cm³/mol. The van der Waals surface area contributed by atoms with Crippen LogP contribution in [0.3, 0.4) is 0 Å². The largest absolute Gasteiger partial charge is 0.389 e. The summed E-state index contributed by atoms with van der Waals surface area (Å²) in [6.07, 6.45) is -2.02. The second-order valence-corrected chi connectivity index (χ2v) is 4.12. The zero-order valence-electron chi connectivity index (χ0n) is 8.65. The minimum absolute atomic E-state index is 0.141. The molecular weight excluding hydrogens is 279 g/mol. The van der Waals surface area contributed by atoms with Crippen molar-refractivity contribution < 1.29 is 19.4 Å². The molecule has 16 heavy (non-hydrogen) atoms. The van der Waals surface area contributed by atoms with Crippen molar-refractivity contribution in [2.75, 3.05) is 5.33 Å². The van der Waals surface area contributed by atoms with Crippen LogP contribution in [-0.4, -0.2) is 27.9 Å².